The average molecular weight is 1530 g/mol. The molecule has 6 aromatic carbocycles. The number of fused-ring (bicyclic) bond motifs is 12. The lowest BCUT2D eigenvalue weighted by Gasteiger charge is -2.31. The highest BCUT2D eigenvalue weighted by Crippen LogP contribution is 2.49. The van der Waals surface area contributed by atoms with Gasteiger partial charge in [-0.25, -0.2) is 14.4 Å². The molecule has 14 rings (SSSR count). The molecule has 3 N–H and O–H groups in total. The zero-order valence-electron chi connectivity index (χ0n) is 50.6. The van der Waals surface area contributed by atoms with Crippen molar-refractivity contribution in [3.63, 3.8) is 0 Å². The van der Waals surface area contributed by atoms with Gasteiger partial charge >= 0.3 is 18.3 Å². The van der Waals surface area contributed by atoms with E-state index in [4.69, 9.17) is 14.2 Å². The first-order chi connectivity index (χ1) is 42.0. The molecular weight excluding hydrogens is 1460 g/mol. The van der Waals surface area contributed by atoms with E-state index in [2.05, 4.69) is 92.1 Å². The van der Waals surface area contributed by atoms with Crippen LogP contribution in [-0.2, 0) is 17.6 Å². The Labute approximate surface area is 563 Å². The van der Waals surface area contributed by atoms with Crippen LogP contribution in [0, 0.1) is 0 Å². The molecule has 8 heterocycles. The predicted octanol–water partition coefficient (Wildman–Crippen LogP) is 13.8. The van der Waals surface area contributed by atoms with Gasteiger partial charge in [0, 0.05) is 151 Å². The number of aromatic nitrogens is 2. The Balaban J connectivity index is 0.000000189. The summed E-state index contributed by atoms with van der Waals surface area (Å²) < 4.78 is 17.7. The van der Waals surface area contributed by atoms with E-state index in [9.17, 15) is 24.0 Å². The Morgan fingerprint density at radius 2 is 0.966 bits per heavy atom. The SMILES string of the molecule is Br.Br.CBr.CN1CCN(C(=O)Oc2cc3c(c4ccccc24)[C@H](CBr)CN3C(=O)c2cc3c4c(ccc3[nH]2)N(C(=O)OC(C)(C)C)CC4)CC1.CN1CCN(C(=O)Oc2cc3c(c4ccccc24)[C@H](CBr)CN3C(=O)c2cc3c4c(ccc3[nH]2)NCC4)CC1. The Hall–Kier alpha value is -6.21. The lowest BCUT2D eigenvalue weighted by atomic mass is 9.95. The Morgan fingerprint density at radius 3 is 1.43 bits per heavy atom. The van der Waals surface area contributed by atoms with E-state index < -0.39 is 5.60 Å². The van der Waals surface area contributed by atoms with E-state index in [1.54, 1.807) is 19.6 Å². The maximum atomic E-state index is 14.3. The first-order valence-corrected chi connectivity index (χ1v) is 33.5. The van der Waals surface area contributed by atoms with Crippen LogP contribution >= 0.6 is 81.8 Å². The van der Waals surface area contributed by atoms with Crippen molar-refractivity contribution in [1.29, 1.82) is 0 Å². The highest BCUT2D eigenvalue weighted by molar-refractivity contribution is 9.09. The number of ether oxygens (including phenoxy) is 3. The molecule has 0 spiro atoms. The number of alkyl halides is 3. The fourth-order valence-corrected chi connectivity index (χ4v) is 14.1. The van der Waals surface area contributed by atoms with Crippen molar-refractivity contribution >= 4 is 178 Å². The lowest BCUT2D eigenvalue weighted by molar-refractivity contribution is 0.0583. The number of likely N-dealkylation sites (N-methyl/N-ethyl adjacent to an activating group) is 2. The van der Waals surface area contributed by atoms with Gasteiger partial charge in [0.15, 0.2) is 0 Å². The van der Waals surface area contributed by atoms with E-state index in [1.165, 1.54) is 5.56 Å². The molecule has 0 unspecified atom stereocenters. The van der Waals surface area contributed by atoms with Crippen molar-refractivity contribution in [3.8, 4) is 11.5 Å². The molecule has 2 aromatic heterocycles. The van der Waals surface area contributed by atoms with Crippen LogP contribution in [0.4, 0.5) is 37.1 Å². The summed E-state index contributed by atoms with van der Waals surface area (Å²) in [5.74, 6) is 2.68. The average Bonchev–Trinajstić information content (AvgIpc) is 1.71. The fraction of sp³-hybridized carbons (Fsp3) is 0.379. The number of H-pyrrole nitrogens is 2. The molecule has 2 fully saturated rings. The number of nitrogens with one attached hydrogen (secondary N) is 3. The normalized spacial score (nSPS) is 17.8. The molecule has 5 amide bonds. The third kappa shape index (κ3) is 12.8. The van der Waals surface area contributed by atoms with Gasteiger partial charge in [-0.1, -0.05) is 96.3 Å². The van der Waals surface area contributed by atoms with Crippen LogP contribution in [0.1, 0.15) is 75.8 Å². The fourth-order valence-electron chi connectivity index (χ4n) is 13.1. The van der Waals surface area contributed by atoms with Crippen LogP contribution in [0.5, 0.6) is 11.5 Å². The number of carbonyl (C=O) groups is 5. The highest BCUT2D eigenvalue weighted by Gasteiger charge is 2.39. The summed E-state index contributed by atoms with van der Waals surface area (Å²) in [5, 5.41) is 10.5. The van der Waals surface area contributed by atoms with E-state index >= 15 is 0 Å². The van der Waals surface area contributed by atoms with Crippen molar-refractivity contribution in [2.24, 2.45) is 0 Å². The van der Waals surface area contributed by atoms with Gasteiger partial charge in [-0.05, 0) is 123 Å². The van der Waals surface area contributed by atoms with E-state index in [0.717, 1.165) is 127 Å². The van der Waals surface area contributed by atoms with Gasteiger partial charge in [0.1, 0.15) is 28.5 Å². The smallest absolute Gasteiger partial charge is 0.415 e. The quantitative estimate of drug-likeness (QED) is 0.135. The number of rotatable bonds is 6. The number of hydrogen-bond acceptors (Lipinski definition) is 11. The molecule has 23 heteroatoms. The maximum absolute atomic E-state index is 14.3. The summed E-state index contributed by atoms with van der Waals surface area (Å²) in [6.07, 6.45) is 0.520. The molecule has 0 aliphatic carbocycles. The van der Waals surface area contributed by atoms with Gasteiger partial charge in [0.05, 0.1) is 17.1 Å². The van der Waals surface area contributed by atoms with Crippen molar-refractivity contribution < 1.29 is 38.2 Å². The van der Waals surface area contributed by atoms with Crippen LogP contribution in [0.25, 0.3) is 43.4 Å². The number of piperazine rings is 2. The largest absolute Gasteiger partial charge is 0.443 e. The van der Waals surface area contributed by atoms with E-state index in [-0.39, 0.29) is 75.9 Å². The molecule has 0 saturated carbocycles. The van der Waals surface area contributed by atoms with Crippen molar-refractivity contribution in [2.75, 3.05) is 129 Å². The molecule has 6 aliphatic rings. The topological polar surface area (TPSA) is 179 Å². The van der Waals surface area contributed by atoms with E-state index in [0.29, 0.717) is 80.5 Å². The van der Waals surface area contributed by atoms with Crippen molar-refractivity contribution in [1.82, 2.24) is 29.6 Å². The van der Waals surface area contributed by atoms with Gasteiger partial charge in [-0.15, -0.1) is 34.0 Å². The summed E-state index contributed by atoms with van der Waals surface area (Å²) in [5.41, 5.74) is 10.2. The second-order valence-corrected chi connectivity index (χ2v) is 25.4. The van der Waals surface area contributed by atoms with Gasteiger partial charge < -0.3 is 58.9 Å². The molecule has 0 radical (unpaired) electrons. The van der Waals surface area contributed by atoms with Gasteiger partial charge in [-0.3, -0.25) is 14.5 Å². The minimum atomic E-state index is -0.593. The lowest BCUT2D eigenvalue weighted by Crippen LogP contribution is -2.48. The number of nitrogens with zero attached hydrogens (tertiary/aromatic N) is 7. The van der Waals surface area contributed by atoms with Gasteiger partial charge in [0.25, 0.3) is 11.8 Å². The second kappa shape index (κ2) is 27.3. The minimum Gasteiger partial charge on any atom is -0.443 e. The number of benzene rings is 6. The van der Waals surface area contributed by atoms with Crippen LogP contribution < -0.4 is 29.5 Å². The van der Waals surface area contributed by atoms with Crippen molar-refractivity contribution in [2.45, 2.75) is 51.0 Å². The zero-order chi connectivity index (χ0) is 61.0. The van der Waals surface area contributed by atoms with Crippen LogP contribution in [0.15, 0.2) is 97.1 Å². The van der Waals surface area contributed by atoms with Gasteiger partial charge in [0.2, 0.25) is 0 Å². The molecule has 89 heavy (non-hydrogen) atoms. The Bertz CT molecular complexity index is 4020. The zero-order valence-corrected chi connectivity index (χ0v) is 58.7. The molecule has 470 valence electrons. The molecular formula is C66H73Br5N10O8. The predicted molar refractivity (Wildman–Crippen MR) is 376 cm³/mol. The van der Waals surface area contributed by atoms with Crippen LogP contribution in [-0.4, -0.2) is 174 Å². The molecule has 18 nitrogen and oxygen atoms in total. The first-order valence-electron chi connectivity index (χ1n) is 29.6. The second-order valence-electron chi connectivity index (χ2n) is 24.1. The maximum Gasteiger partial charge on any atom is 0.415 e. The van der Waals surface area contributed by atoms with E-state index in [1.807, 2.05) is 123 Å². The third-order valence-corrected chi connectivity index (χ3v) is 19.0. The molecule has 6 aliphatic heterocycles. The summed E-state index contributed by atoms with van der Waals surface area (Å²) in [7, 11) is 4.10. The molecule has 8 aromatic rings. The summed E-state index contributed by atoms with van der Waals surface area (Å²) in [6, 6.07) is 31.5. The summed E-state index contributed by atoms with van der Waals surface area (Å²) in [4.78, 5) is 87.5. The van der Waals surface area contributed by atoms with Crippen LogP contribution in [0.3, 0.4) is 0 Å². The Morgan fingerprint density at radius 1 is 0.517 bits per heavy atom. The monoisotopic (exact) mass is 1530 g/mol. The first kappa shape index (κ1) is 65.7. The number of hydrogen-bond donors (Lipinski definition) is 3. The number of anilines is 4. The molecule has 2 saturated heterocycles. The summed E-state index contributed by atoms with van der Waals surface area (Å²) >= 11 is 10.3. The third-order valence-electron chi connectivity index (χ3n) is 17.5. The number of amides is 5. The standard InChI is InChI=1S/C35H38BrN5O5.C30H30BrN5O3.CH3Br.2BrH/c1-35(2,3)46-34(44)40-12-11-22-25-17-27(37-26(25)9-10-28(22)40)32(42)41-20-21(19-36)31-24-8-6-5-7-23(24)30(18-29(31)41)45-33(43)39-15-13-38(4)14-16-39;1-34-10-12-35(13-11-34)30(38)39-27-15-26-28(21-5-3-2-4-20(21)27)18(16-31)17-36(26)29(37)25-14-22-19-8-9-32-23(19)6-7-24(22)33-25;1-2;;/h5-10,17-18,21,37H,11-16,19-20H2,1-4H3;2-7,14-15,18,32-33H,8-13,16-17H2,1H3;1H3;2*1H/t21-;18-;;;/m11.../s1. The number of halogens is 5. The number of aromatic amines is 2. The summed E-state index contributed by atoms with van der Waals surface area (Å²) in [6.45, 7) is 13.7. The van der Waals surface area contributed by atoms with Gasteiger partial charge in [-0.2, -0.15) is 0 Å². The molecule has 2 atom stereocenters. The number of carbonyl (C=O) groups excluding carboxylic acids is 5. The van der Waals surface area contributed by atoms with Crippen molar-refractivity contribution in [3.05, 3.63) is 131 Å². The van der Waals surface area contributed by atoms with Crippen LogP contribution in [0.2, 0.25) is 0 Å². The molecule has 0 bridgehead atoms. The highest BCUT2D eigenvalue weighted by atomic mass is 79.9. The Kier molecular flexibility index (Phi) is 20.2. The minimum absolute atomic E-state index is 0.